The van der Waals surface area contributed by atoms with E-state index < -0.39 is 6.10 Å². The minimum Gasteiger partial charge on any atom is -0.391 e. The lowest BCUT2D eigenvalue weighted by Crippen LogP contribution is -2.47. The molecule has 1 saturated heterocycles. The molecule has 1 aromatic carbocycles. The Hall–Kier alpha value is -1.72. The van der Waals surface area contributed by atoms with Crippen LogP contribution in [0.1, 0.15) is 86.2 Å². The fourth-order valence-electron chi connectivity index (χ4n) is 5.34. The average molecular weight is 395 g/mol. The van der Waals surface area contributed by atoms with Gasteiger partial charge in [0.1, 0.15) is 0 Å². The number of hydrogen-bond donors (Lipinski definition) is 1. The molecule has 1 aromatic heterocycles. The second-order valence-corrected chi connectivity index (χ2v) is 9.65. The first kappa shape index (κ1) is 19.3. The zero-order valence-corrected chi connectivity index (χ0v) is 17.6. The van der Waals surface area contributed by atoms with Gasteiger partial charge in [-0.1, -0.05) is 54.3 Å². The van der Waals surface area contributed by atoms with Crippen molar-refractivity contribution in [1.29, 1.82) is 0 Å². The number of aliphatic hydroxyl groups is 1. The molecule has 1 aliphatic heterocycles. The number of aliphatic hydroxyl groups excluding tert-OH is 1. The fourth-order valence-corrected chi connectivity index (χ4v) is 5.34. The molecule has 3 atom stereocenters. The molecule has 0 unspecified atom stereocenters. The van der Waals surface area contributed by atoms with Gasteiger partial charge in [0.2, 0.25) is 0 Å². The molecule has 3 fully saturated rings. The van der Waals surface area contributed by atoms with Crippen LogP contribution < -0.4 is 0 Å². The van der Waals surface area contributed by atoms with Gasteiger partial charge in [-0.25, -0.2) is 4.68 Å². The Labute approximate surface area is 174 Å². The minimum absolute atomic E-state index is 0.000268. The molecule has 0 bridgehead atoms. The van der Waals surface area contributed by atoms with Crippen LogP contribution >= 0.6 is 0 Å². The van der Waals surface area contributed by atoms with Crippen LogP contribution in [0, 0.1) is 12.8 Å². The maximum Gasteiger partial charge on any atom is 0.0923 e. The monoisotopic (exact) mass is 394 g/mol. The molecule has 3 aliphatic rings. The first-order valence-corrected chi connectivity index (χ1v) is 11.6. The van der Waals surface area contributed by atoms with Gasteiger partial charge in [-0.15, -0.1) is 5.10 Å². The Bertz CT molecular complexity index is 807. The van der Waals surface area contributed by atoms with Crippen LogP contribution in [0.4, 0.5) is 0 Å². The highest BCUT2D eigenvalue weighted by atomic mass is 16.3. The van der Waals surface area contributed by atoms with E-state index in [1.54, 1.807) is 0 Å². The van der Waals surface area contributed by atoms with Crippen LogP contribution in [0.15, 0.2) is 30.5 Å². The molecule has 156 valence electrons. The number of aromatic nitrogens is 3. The second-order valence-electron chi connectivity index (χ2n) is 9.65. The Morgan fingerprint density at radius 1 is 1.03 bits per heavy atom. The molecule has 5 nitrogen and oxygen atoms in total. The smallest absolute Gasteiger partial charge is 0.0923 e. The van der Waals surface area contributed by atoms with Crippen molar-refractivity contribution in [1.82, 2.24) is 19.9 Å². The molecular weight excluding hydrogens is 360 g/mol. The van der Waals surface area contributed by atoms with E-state index in [0.29, 0.717) is 5.92 Å². The van der Waals surface area contributed by atoms with Crippen LogP contribution in [-0.2, 0) is 0 Å². The first-order valence-electron chi connectivity index (χ1n) is 11.6. The third kappa shape index (κ3) is 4.26. The number of piperidine rings is 1. The molecule has 29 heavy (non-hydrogen) atoms. The lowest BCUT2D eigenvalue weighted by Gasteiger charge is -2.44. The molecule has 1 N–H and O–H groups in total. The van der Waals surface area contributed by atoms with Gasteiger partial charge in [-0.3, -0.25) is 4.90 Å². The minimum atomic E-state index is -0.391. The van der Waals surface area contributed by atoms with E-state index in [4.69, 9.17) is 0 Å². The first-order chi connectivity index (χ1) is 14.2. The Balaban J connectivity index is 1.38. The summed E-state index contributed by atoms with van der Waals surface area (Å²) in [6, 6.07) is 9.19. The van der Waals surface area contributed by atoms with E-state index in [1.165, 1.54) is 56.1 Å². The van der Waals surface area contributed by atoms with Crippen LogP contribution in [0.5, 0.6) is 0 Å². The quantitative estimate of drug-likeness (QED) is 0.817. The molecule has 5 rings (SSSR count). The number of likely N-dealkylation sites (tertiary alicyclic amines) is 1. The molecule has 0 amide bonds. The summed E-state index contributed by atoms with van der Waals surface area (Å²) in [6.07, 6.45) is 11.8. The normalized spacial score (nSPS) is 29.2. The molecule has 2 saturated carbocycles. The van der Waals surface area contributed by atoms with Gasteiger partial charge in [0, 0.05) is 31.2 Å². The second kappa shape index (κ2) is 8.19. The summed E-state index contributed by atoms with van der Waals surface area (Å²) in [5.74, 6) is 1.38. The van der Waals surface area contributed by atoms with Gasteiger partial charge in [-0.2, -0.15) is 0 Å². The SMILES string of the molecule is Cc1ccc([C@H]2C[C@H](O)[C@@H](n3cc(C4CC4)nn3)CN2CC2CCCCC2)cc1. The lowest BCUT2D eigenvalue weighted by atomic mass is 9.85. The summed E-state index contributed by atoms with van der Waals surface area (Å²) >= 11 is 0. The standard InChI is InChI=1S/C24H34N4O/c1-17-7-9-20(10-8-17)22-13-24(29)23(28-15-21(25-26-28)19-11-12-19)16-27(22)14-18-5-3-2-4-6-18/h7-10,15,18-19,22-24,29H,2-6,11-14,16H2,1H3/t22-,23+,24+/m1/s1. The third-order valence-electron chi connectivity index (χ3n) is 7.31. The zero-order valence-electron chi connectivity index (χ0n) is 17.6. The van der Waals surface area contributed by atoms with Crippen LogP contribution in [0.3, 0.4) is 0 Å². The predicted octanol–water partition coefficient (Wildman–Crippen LogP) is 4.39. The van der Waals surface area contributed by atoms with Gasteiger partial charge in [0.05, 0.1) is 17.8 Å². The summed E-state index contributed by atoms with van der Waals surface area (Å²) < 4.78 is 1.96. The van der Waals surface area contributed by atoms with Crippen molar-refractivity contribution in [2.45, 2.75) is 82.4 Å². The van der Waals surface area contributed by atoms with Crippen LogP contribution in [-0.4, -0.2) is 44.2 Å². The highest BCUT2D eigenvalue weighted by Gasteiger charge is 2.38. The van der Waals surface area contributed by atoms with Crippen molar-refractivity contribution >= 4 is 0 Å². The van der Waals surface area contributed by atoms with Crippen molar-refractivity contribution in [2.75, 3.05) is 13.1 Å². The number of benzene rings is 1. The number of rotatable bonds is 5. The van der Waals surface area contributed by atoms with Crippen molar-refractivity contribution in [3.05, 3.63) is 47.3 Å². The highest BCUT2D eigenvalue weighted by molar-refractivity contribution is 5.25. The third-order valence-corrected chi connectivity index (χ3v) is 7.31. The van der Waals surface area contributed by atoms with Crippen molar-refractivity contribution in [3.8, 4) is 0 Å². The van der Waals surface area contributed by atoms with Crippen molar-refractivity contribution in [2.24, 2.45) is 5.92 Å². The summed E-state index contributed by atoms with van der Waals surface area (Å²) in [4.78, 5) is 2.64. The average Bonchev–Trinajstić information content (AvgIpc) is 3.48. The Morgan fingerprint density at radius 3 is 2.52 bits per heavy atom. The highest BCUT2D eigenvalue weighted by Crippen LogP contribution is 2.40. The number of nitrogens with zero attached hydrogens (tertiary/aromatic N) is 4. The van der Waals surface area contributed by atoms with E-state index in [9.17, 15) is 5.11 Å². The van der Waals surface area contributed by atoms with Gasteiger partial charge in [0.25, 0.3) is 0 Å². The van der Waals surface area contributed by atoms with Gasteiger partial charge >= 0.3 is 0 Å². The summed E-state index contributed by atoms with van der Waals surface area (Å²) in [5, 5.41) is 19.9. The number of aryl methyl sites for hydroxylation is 1. The van der Waals surface area contributed by atoms with E-state index in [1.807, 2.05) is 4.68 Å². The number of hydrogen-bond acceptors (Lipinski definition) is 4. The summed E-state index contributed by atoms with van der Waals surface area (Å²) in [7, 11) is 0. The maximum atomic E-state index is 11.1. The molecule has 0 radical (unpaired) electrons. The molecule has 5 heteroatoms. The van der Waals surface area contributed by atoms with Crippen LogP contribution in [0.2, 0.25) is 0 Å². The maximum absolute atomic E-state index is 11.1. The van der Waals surface area contributed by atoms with Gasteiger partial charge in [0.15, 0.2) is 0 Å². The Kier molecular flexibility index (Phi) is 5.44. The Morgan fingerprint density at radius 2 is 1.79 bits per heavy atom. The van der Waals surface area contributed by atoms with Crippen molar-refractivity contribution in [3.63, 3.8) is 0 Å². The van der Waals surface area contributed by atoms with Gasteiger partial charge < -0.3 is 5.11 Å². The summed E-state index contributed by atoms with van der Waals surface area (Å²) in [6.45, 7) is 4.12. The van der Waals surface area contributed by atoms with Crippen molar-refractivity contribution < 1.29 is 5.11 Å². The molecule has 2 heterocycles. The zero-order chi connectivity index (χ0) is 19.8. The lowest BCUT2D eigenvalue weighted by molar-refractivity contribution is -0.0154. The molecule has 0 spiro atoms. The predicted molar refractivity (Wildman–Crippen MR) is 114 cm³/mol. The van der Waals surface area contributed by atoms with E-state index >= 15 is 0 Å². The fraction of sp³-hybridized carbons (Fsp3) is 0.667. The molecule has 2 aromatic rings. The largest absolute Gasteiger partial charge is 0.391 e. The molecular formula is C24H34N4O. The van der Waals surface area contributed by atoms with E-state index in [2.05, 4.69) is 52.6 Å². The molecule has 2 aliphatic carbocycles. The summed E-state index contributed by atoms with van der Waals surface area (Å²) in [5.41, 5.74) is 3.73. The van der Waals surface area contributed by atoms with Gasteiger partial charge in [-0.05, 0) is 50.5 Å². The topological polar surface area (TPSA) is 54.2 Å². The van der Waals surface area contributed by atoms with E-state index in [-0.39, 0.29) is 12.1 Å². The van der Waals surface area contributed by atoms with E-state index in [0.717, 1.165) is 31.1 Å². The van der Waals surface area contributed by atoms with Crippen LogP contribution in [0.25, 0.3) is 0 Å².